The Morgan fingerprint density at radius 1 is 1.33 bits per heavy atom. The molecule has 0 saturated heterocycles. The van der Waals surface area contributed by atoms with Crippen LogP contribution in [0.2, 0.25) is 0 Å². The van der Waals surface area contributed by atoms with Crippen LogP contribution in [0.1, 0.15) is 32.6 Å². The van der Waals surface area contributed by atoms with Crippen LogP contribution in [0.4, 0.5) is 0 Å². The highest BCUT2D eigenvalue weighted by Crippen LogP contribution is 2.62. The summed E-state index contributed by atoms with van der Waals surface area (Å²) in [5.41, 5.74) is 0.864. The van der Waals surface area contributed by atoms with Gasteiger partial charge in [-0.1, -0.05) is 27.7 Å². The molecule has 0 amide bonds. The Balaban J connectivity index is 1.91. The molecule has 1 fully saturated rings. The quantitative estimate of drug-likeness (QED) is 0.885. The van der Waals surface area contributed by atoms with Gasteiger partial charge in [0.25, 0.3) is 0 Å². The van der Waals surface area contributed by atoms with Gasteiger partial charge in [-0.05, 0) is 32.8 Å². The third-order valence-corrected chi connectivity index (χ3v) is 5.82. The van der Waals surface area contributed by atoms with Crippen molar-refractivity contribution in [2.24, 2.45) is 10.8 Å². The lowest BCUT2D eigenvalue weighted by Gasteiger charge is -2.03. The van der Waals surface area contributed by atoms with Gasteiger partial charge in [-0.2, -0.15) is 0 Å². The summed E-state index contributed by atoms with van der Waals surface area (Å²) in [7, 11) is 0. The molecule has 0 spiro atoms. The minimum atomic E-state index is 0.432. The summed E-state index contributed by atoms with van der Waals surface area (Å²) in [5, 5.41) is 5.80. The fraction of sp³-hybridized carbons (Fsp3) is 0.667. The zero-order chi connectivity index (χ0) is 11.3. The zero-order valence-electron chi connectivity index (χ0n) is 9.73. The fourth-order valence-corrected chi connectivity index (χ4v) is 3.76. The molecule has 84 valence electrons. The molecule has 15 heavy (non-hydrogen) atoms. The van der Waals surface area contributed by atoms with E-state index in [0.29, 0.717) is 16.9 Å². The predicted molar refractivity (Wildman–Crippen MR) is 70.2 cm³/mol. The monoisotopic (exact) mass is 287 g/mol. The van der Waals surface area contributed by atoms with Gasteiger partial charge in [0.15, 0.2) is 0 Å². The van der Waals surface area contributed by atoms with Crippen LogP contribution >= 0.6 is 27.3 Å². The van der Waals surface area contributed by atoms with Crippen LogP contribution in [0, 0.1) is 10.8 Å². The second-order valence-electron chi connectivity index (χ2n) is 5.49. The van der Waals surface area contributed by atoms with Crippen molar-refractivity contribution in [3.8, 4) is 0 Å². The van der Waals surface area contributed by atoms with Crippen LogP contribution in [-0.4, -0.2) is 6.04 Å². The number of nitrogens with one attached hydrogen (secondary N) is 1. The van der Waals surface area contributed by atoms with E-state index >= 15 is 0 Å². The molecule has 0 aliphatic heterocycles. The van der Waals surface area contributed by atoms with E-state index in [0.717, 1.165) is 6.54 Å². The summed E-state index contributed by atoms with van der Waals surface area (Å²) in [6.07, 6.45) is 0. The van der Waals surface area contributed by atoms with E-state index in [-0.39, 0.29) is 0 Å². The predicted octanol–water partition coefficient (Wildman–Crippen LogP) is 4.03. The Labute approximate surface area is 104 Å². The van der Waals surface area contributed by atoms with Crippen molar-refractivity contribution in [3.05, 3.63) is 20.8 Å². The Kier molecular flexibility index (Phi) is 2.77. The highest BCUT2D eigenvalue weighted by atomic mass is 79.9. The van der Waals surface area contributed by atoms with Crippen molar-refractivity contribution in [1.29, 1.82) is 0 Å². The molecule has 1 aliphatic carbocycles. The molecule has 1 nitrogen and oxygen atoms in total. The fourth-order valence-electron chi connectivity index (χ4n) is 2.36. The van der Waals surface area contributed by atoms with Gasteiger partial charge >= 0.3 is 0 Å². The van der Waals surface area contributed by atoms with Crippen molar-refractivity contribution in [2.75, 3.05) is 0 Å². The Morgan fingerprint density at radius 3 is 2.33 bits per heavy atom. The maximum Gasteiger partial charge on any atom is 0.0303 e. The average molecular weight is 288 g/mol. The number of thiophene rings is 1. The van der Waals surface area contributed by atoms with Gasteiger partial charge in [0, 0.05) is 27.3 Å². The summed E-state index contributed by atoms with van der Waals surface area (Å²) in [6, 6.07) is 2.84. The normalized spacial score (nSPS) is 23.0. The van der Waals surface area contributed by atoms with E-state index in [2.05, 4.69) is 60.4 Å². The number of rotatable bonds is 3. The minimum Gasteiger partial charge on any atom is -0.308 e. The second kappa shape index (κ2) is 3.57. The van der Waals surface area contributed by atoms with Crippen LogP contribution in [0.5, 0.6) is 0 Å². The molecule has 1 aliphatic rings. The van der Waals surface area contributed by atoms with Gasteiger partial charge in [0.1, 0.15) is 0 Å². The first-order valence-electron chi connectivity index (χ1n) is 5.32. The largest absolute Gasteiger partial charge is 0.308 e. The van der Waals surface area contributed by atoms with Crippen molar-refractivity contribution in [3.63, 3.8) is 0 Å². The topological polar surface area (TPSA) is 12.0 Å². The molecule has 1 N–H and O–H groups in total. The number of hydrogen-bond donors (Lipinski definition) is 1. The van der Waals surface area contributed by atoms with Crippen LogP contribution in [0.15, 0.2) is 15.9 Å². The lowest BCUT2D eigenvalue weighted by atomic mass is 10.0. The van der Waals surface area contributed by atoms with E-state index in [9.17, 15) is 0 Å². The van der Waals surface area contributed by atoms with Gasteiger partial charge in [0.05, 0.1) is 0 Å². The molecular weight excluding hydrogens is 270 g/mol. The number of halogens is 1. The molecule has 1 aromatic heterocycles. The first-order chi connectivity index (χ1) is 6.85. The van der Waals surface area contributed by atoms with Gasteiger partial charge in [-0.15, -0.1) is 11.3 Å². The molecule has 0 bridgehead atoms. The average Bonchev–Trinajstić information content (AvgIpc) is 2.50. The Morgan fingerprint density at radius 2 is 1.93 bits per heavy atom. The second-order valence-corrected chi connectivity index (χ2v) is 7.40. The lowest BCUT2D eigenvalue weighted by Crippen LogP contribution is -2.21. The number of hydrogen-bond acceptors (Lipinski definition) is 2. The third kappa shape index (κ3) is 1.90. The van der Waals surface area contributed by atoms with Gasteiger partial charge < -0.3 is 5.32 Å². The van der Waals surface area contributed by atoms with E-state index in [1.807, 2.05) is 11.3 Å². The van der Waals surface area contributed by atoms with Crippen LogP contribution in [0.25, 0.3) is 0 Å². The smallest absolute Gasteiger partial charge is 0.0303 e. The first kappa shape index (κ1) is 11.6. The molecule has 0 unspecified atom stereocenters. The first-order valence-corrected chi connectivity index (χ1v) is 6.99. The Bertz CT molecular complexity index is 353. The van der Waals surface area contributed by atoms with Crippen LogP contribution in [-0.2, 0) is 6.54 Å². The standard InChI is InChI=1S/C12H18BrNS/c1-11(2)10(12(11,3)4)14-6-9-5-8(13)7-15-9/h5,7,10,14H,6H2,1-4H3. The molecule has 1 saturated carbocycles. The van der Waals surface area contributed by atoms with Crippen LogP contribution < -0.4 is 5.32 Å². The highest BCUT2D eigenvalue weighted by Gasteiger charge is 2.64. The zero-order valence-corrected chi connectivity index (χ0v) is 12.1. The molecule has 3 heteroatoms. The molecule has 1 heterocycles. The summed E-state index contributed by atoms with van der Waals surface area (Å²) < 4.78 is 1.19. The molecule has 0 aromatic carbocycles. The van der Waals surface area contributed by atoms with E-state index in [1.165, 1.54) is 9.35 Å². The maximum absolute atomic E-state index is 3.66. The summed E-state index contributed by atoms with van der Waals surface area (Å²) in [4.78, 5) is 1.40. The summed E-state index contributed by atoms with van der Waals surface area (Å²) in [5.74, 6) is 0. The van der Waals surface area contributed by atoms with Gasteiger partial charge in [-0.3, -0.25) is 0 Å². The molecule has 1 aromatic rings. The van der Waals surface area contributed by atoms with Crippen molar-refractivity contribution in [1.82, 2.24) is 5.32 Å². The maximum atomic E-state index is 3.66. The molecule has 0 radical (unpaired) electrons. The van der Waals surface area contributed by atoms with Crippen LogP contribution in [0.3, 0.4) is 0 Å². The third-order valence-electron chi connectivity index (χ3n) is 4.12. The van der Waals surface area contributed by atoms with E-state index in [4.69, 9.17) is 0 Å². The molecule has 0 atom stereocenters. The minimum absolute atomic E-state index is 0.432. The van der Waals surface area contributed by atoms with Crippen molar-refractivity contribution in [2.45, 2.75) is 40.3 Å². The Hall–Kier alpha value is 0.140. The van der Waals surface area contributed by atoms with Gasteiger partial charge in [0.2, 0.25) is 0 Å². The SMILES string of the molecule is CC1(C)C(NCc2cc(Br)cs2)C1(C)C. The summed E-state index contributed by atoms with van der Waals surface area (Å²) in [6.45, 7) is 10.4. The summed E-state index contributed by atoms with van der Waals surface area (Å²) >= 11 is 5.29. The molecule has 2 rings (SSSR count). The van der Waals surface area contributed by atoms with Crippen molar-refractivity contribution >= 4 is 27.3 Å². The van der Waals surface area contributed by atoms with Crippen molar-refractivity contribution < 1.29 is 0 Å². The lowest BCUT2D eigenvalue weighted by molar-refractivity contribution is 0.457. The van der Waals surface area contributed by atoms with E-state index in [1.54, 1.807) is 0 Å². The highest BCUT2D eigenvalue weighted by molar-refractivity contribution is 9.10. The van der Waals surface area contributed by atoms with Gasteiger partial charge in [-0.25, -0.2) is 0 Å². The molecular formula is C12H18BrNS. The van der Waals surface area contributed by atoms with E-state index < -0.39 is 0 Å².